The zero-order valence-corrected chi connectivity index (χ0v) is 15.5. The van der Waals surface area contributed by atoms with Gasteiger partial charge in [0.1, 0.15) is 23.3 Å². The maximum absolute atomic E-state index is 12.1. The monoisotopic (exact) mass is 372 g/mol. The minimum absolute atomic E-state index is 0.232. The van der Waals surface area contributed by atoms with Crippen LogP contribution in [0.1, 0.15) is 11.6 Å². The lowest BCUT2D eigenvalue weighted by atomic mass is 10.0. The molecule has 0 radical (unpaired) electrons. The zero-order chi connectivity index (χ0) is 19.4. The molecule has 0 bridgehead atoms. The number of aliphatic carboxylic acids is 1. The SMILES string of the molecule is COc1ccc(OC)c(C(C(=O)O)N2CCN(c3ccccc3O)CC2)c1. The minimum Gasteiger partial charge on any atom is -0.506 e. The van der Waals surface area contributed by atoms with E-state index in [1.165, 1.54) is 7.11 Å². The van der Waals surface area contributed by atoms with E-state index in [4.69, 9.17) is 9.47 Å². The summed E-state index contributed by atoms with van der Waals surface area (Å²) in [4.78, 5) is 16.1. The highest BCUT2D eigenvalue weighted by atomic mass is 16.5. The van der Waals surface area contributed by atoms with Crippen LogP contribution in [0.25, 0.3) is 0 Å². The van der Waals surface area contributed by atoms with E-state index in [1.807, 2.05) is 17.0 Å². The number of phenolic OH excluding ortho intramolecular Hbond substituents is 1. The number of nitrogens with zero attached hydrogens (tertiary/aromatic N) is 2. The molecule has 0 saturated carbocycles. The number of aromatic hydroxyl groups is 1. The van der Waals surface area contributed by atoms with Crippen molar-refractivity contribution in [3.63, 3.8) is 0 Å². The number of piperazine rings is 1. The van der Waals surface area contributed by atoms with Gasteiger partial charge in [-0.1, -0.05) is 12.1 Å². The summed E-state index contributed by atoms with van der Waals surface area (Å²) in [7, 11) is 3.08. The van der Waals surface area contributed by atoms with Gasteiger partial charge in [0.2, 0.25) is 0 Å². The number of hydrogen-bond donors (Lipinski definition) is 2. The highest BCUT2D eigenvalue weighted by molar-refractivity contribution is 5.77. The van der Waals surface area contributed by atoms with Crippen LogP contribution in [0.4, 0.5) is 5.69 Å². The minimum atomic E-state index is -0.933. The molecule has 0 amide bonds. The number of phenols is 1. The molecule has 1 saturated heterocycles. The number of hydrogen-bond acceptors (Lipinski definition) is 6. The van der Waals surface area contributed by atoms with Crippen LogP contribution in [-0.4, -0.2) is 61.5 Å². The summed E-state index contributed by atoms with van der Waals surface area (Å²) in [6.45, 7) is 2.33. The molecule has 7 heteroatoms. The molecule has 2 aromatic carbocycles. The van der Waals surface area contributed by atoms with E-state index in [1.54, 1.807) is 37.4 Å². The predicted octanol–water partition coefficient (Wildman–Crippen LogP) is 2.36. The van der Waals surface area contributed by atoms with E-state index < -0.39 is 12.0 Å². The Morgan fingerprint density at radius 1 is 1.04 bits per heavy atom. The first-order chi connectivity index (χ1) is 13.0. The van der Waals surface area contributed by atoms with E-state index >= 15 is 0 Å². The van der Waals surface area contributed by atoms with E-state index in [-0.39, 0.29) is 5.75 Å². The second-order valence-electron chi connectivity index (χ2n) is 6.36. The van der Waals surface area contributed by atoms with Gasteiger partial charge in [0.05, 0.1) is 19.9 Å². The third-order valence-electron chi connectivity index (χ3n) is 4.87. The van der Waals surface area contributed by atoms with E-state index in [9.17, 15) is 15.0 Å². The van der Waals surface area contributed by atoms with Crippen LogP contribution in [-0.2, 0) is 4.79 Å². The number of anilines is 1. The molecule has 1 unspecified atom stereocenters. The van der Waals surface area contributed by atoms with Gasteiger partial charge in [0.15, 0.2) is 0 Å². The number of rotatable bonds is 6. The number of carboxylic acids is 1. The van der Waals surface area contributed by atoms with Gasteiger partial charge in [-0.3, -0.25) is 9.69 Å². The summed E-state index contributed by atoms with van der Waals surface area (Å²) in [5.74, 6) is 0.406. The highest BCUT2D eigenvalue weighted by Gasteiger charge is 2.33. The van der Waals surface area contributed by atoms with Gasteiger partial charge in [-0.15, -0.1) is 0 Å². The maximum atomic E-state index is 12.1. The van der Waals surface area contributed by atoms with E-state index in [0.29, 0.717) is 43.2 Å². The molecule has 0 spiro atoms. The summed E-state index contributed by atoms with van der Waals surface area (Å²) in [6.07, 6.45) is 0. The number of carbonyl (C=O) groups is 1. The summed E-state index contributed by atoms with van der Waals surface area (Å²) in [6, 6.07) is 11.5. The van der Waals surface area contributed by atoms with Gasteiger partial charge in [0, 0.05) is 31.7 Å². The molecule has 1 aliphatic rings. The molecule has 0 aromatic heterocycles. The van der Waals surface area contributed by atoms with Crippen LogP contribution < -0.4 is 14.4 Å². The summed E-state index contributed by atoms with van der Waals surface area (Å²) in [5, 5.41) is 19.9. The second-order valence-corrected chi connectivity index (χ2v) is 6.36. The number of para-hydroxylation sites is 2. The van der Waals surface area contributed by atoms with Crippen LogP contribution in [0.2, 0.25) is 0 Å². The Morgan fingerprint density at radius 2 is 1.74 bits per heavy atom. The predicted molar refractivity (Wildman–Crippen MR) is 102 cm³/mol. The van der Waals surface area contributed by atoms with Crippen LogP contribution >= 0.6 is 0 Å². The third kappa shape index (κ3) is 3.93. The van der Waals surface area contributed by atoms with Crippen molar-refractivity contribution in [2.24, 2.45) is 0 Å². The standard InChI is InChI=1S/C20H24N2O5/c1-26-14-7-8-18(27-2)15(13-14)19(20(24)25)22-11-9-21(10-12-22)16-5-3-4-6-17(16)23/h3-8,13,19,23H,9-12H2,1-2H3,(H,24,25). The number of benzene rings is 2. The lowest BCUT2D eigenvalue weighted by molar-refractivity contribution is -0.143. The average Bonchev–Trinajstić information content (AvgIpc) is 2.69. The normalized spacial score (nSPS) is 16.0. The smallest absolute Gasteiger partial charge is 0.325 e. The third-order valence-corrected chi connectivity index (χ3v) is 4.87. The first-order valence-corrected chi connectivity index (χ1v) is 8.77. The summed E-state index contributed by atoms with van der Waals surface area (Å²) in [5.41, 5.74) is 1.34. The molecule has 1 heterocycles. The Morgan fingerprint density at radius 3 is 2.33 bits per heavy atom. The largest absolute Gasteiger partial charge is 0.506 e. The van der Waals surface area contributed by atoms with Crippen LogP contribution in [0.15, 0.2) is 42.5 Å². The maximum Gasteiger partial charge on any atom is 0.325 e. The molecule has 2 aromatic rings. The van der Waals surface area contributed by atoms with Crippen molar-refractivity contribution >= 4 is 11.7 Å². The zero-order valence-electron chi connectivity index (χ0n) is 15.5. The Bertz CT molecular complexity index is 803. The molecule has 1 fully saturated rings. The molecular weight excluding hydrogens is 348 g/mol. The summed E-state index contributed by atoms with van der Waals surface area (Å²) >= 11 is 0. The lowest BCUT2D eigenvalue weighted by Crippen LogP contribution is -2.49. The van der Waals surface area contributed by atoms with Gasteiger partial charge >= 0.3 is 5.97 Å². The lowest BCUT2D eigenvalue weighted by Gasteiger charge is -2.39. The molecule has 3 rings (SSSR count). The van der Waals surface area contributed by atoms with Crippen molar-refractivity contribution < 1.29 is 24.5 Å². The van der Waals surface area contributed by atoms with Crippen LogP contribution in [0, 0.1) is 0 Å². The number of methoxy groups -OCH3 is 2. The fourth-order valence-corrected chi connectivity index (χ4v) is 3.49. The first kappa shape index (κ1) is 18.8. The van der Waals surface area contributed by atoms with Crippen molar-refractivity contribution in [2.45, 2.75) is 6.04 Å². The van der Waals surface area contributed by atoms with Gasteiger partial charge in [-0.25, -0.2) is 0 Å². The molecule has 1 atom stereocenters. The number of ether oxygens (including phenoxy) is 2. The Kier molecular flexibility index (Phi) is 5.71. The van der Waals surface area contributed by atoms with Crippen LogP contribution in [0.5, 0.6) is 17.2 Å². The Hall–Kier alpha value is -2.93. The van der Waals surface area contributed by atoms with Crippen molar-refractivity contribution in [1.82, 2.24) is 4.90 Å². The van der Waals surface area contributed by atoms with Gasteiger partial charge in [0.25, 0.3) is 0 Å². The number of carboxylic acid groups (broad SMARTS) is 1. The van der Waals surface area contributed by atoms with Gasteiger partial charge in [-0.05, 0) is 30.3 Å². The van der Waals surface area contributed by atoms with Crippen molar-refractivity contribution in [1.29, 1.82) is 0 Å². The van der Waals surface area contributed by atoms with Gasteiger partial charge < -0.3 is 24.6 Å². The fraction of sp³-hybridized carbons (Fsp3) is 0.350. The molecule has 2 N–H and O–H groups in total. The molecule has 7 nitrogen and oxygen atoms in total. The van der Waals surface area contributed by atoms with E-state index in [2.05, 4.69) is 4.90 Å². The molecule has 0 aliphatic carbocycles. The quantitative estimate of drug-likeness (QED) is 0.805. The molecular formula is C20H24N2O5. The Balaban J connectivity index is 1.82. The van der Waals surface area contributed by atoms with E-state index in [0.717, 1.165) is 5.69 Å². The fourth-order valence-electron chi connectivity index (χ4n) is 3.49. The highest BCUT2D eigenvalue weighted by Crippen LogP contribution is 2.34. The average molecular weight is 372 g/mol. The molecule has 1 aliphatic heterocycles. The van der Waals surface area contributed by atoms with Crippen molar-refractivity contribution in [3.8, 4) is 17.2 Å². The topological polar surface area (TPSA) is 82.5 Å². The van der Waals surface area contributed by atoms with Crippen LogP contribution in [0.3, 0.4) is 0 Å². The molecule has 144 valence electrons. The van der Waals surface area contributed by atoms with Crippen molar-refractivity contribution in [3.05, 3.63) is 48.0 Å². The molecule has 27 heavy (non-hydrogen) atoms. The second kappa shape index (κ2) is 8.18. The van der Waals surface area contributed by atoms with Crippen molar-refractivity contribution in [2.75, 3.05) is 45.3 Å². The van der Waals surface area contributed by atoms with Gasteiger partial charge in [-0.2, -0.15) is 0 Å². The first-order valence-electron chi connectivity index (χ1n) is 8.77. The summed E-state index contributed by atoms with van der Waals surface area (Å²) < 4.78 is 10.6. The Labute approximate surface area is 158 Å².